The summed E-state index contributed by atoms with van der Waals surface area (Å²) in [5.74, 6) is -1.09. The molecule has 1 N–H and O–H groups in total. The van der Waals surface area contributed by atoms with Crippen molar-refractivity contribution in [3.05, 3.63) is 40.2 Å². The van der Waals surface area contributed by atoms with Crippen LogP contribution in [0.15, 0.2) is 12.1 Å². The highest BCUT2D eigenvalue weighted by Crippen LogP contribution is 2.40. The zero-order chi connectivity index (χ0) is 22.6. The van der Waals surface area contributed by atoms with Crippen molar-refractivity contribution in [2.75, 3.05) is 28.4 Å². The van der Waals surface area contributed by atoms with Crippen LogP contribution in [0.5, 0.6) is 17.2 Å². The van der Waals surface area contributed by atoms with E-state index in [0.29, 0.717) is 17.0 Å². The minimum absolute atomic E-state index is 0.0736. The first-order valence-electron chi connectivity index (χ1n) is 9.03. The first-order chi connectivity index (χ1) is 14.2. The lowest BCUT2D eigenvalue weighted by molar-refractivity contribution is 0.0313. The molecule has 9 heteroatoms. The Morgan fingerprint density at radius 1 is 0.900 bits per heavy atom. The molecule has 0 radical (unpaired) electrons. The highest BCUT2D eigenvalue weighted by Gasteiger charge is 2.29. The zero-order valence-electron chi connectivity index (χ0n) is 18.0. The van der Waals surface area contributed by atoms with E-state index in [4.69, 9.17) is 23.7 Å². The normalized spacial score (nSPS) is 11.4. The number of benzene rings is 1. The molecule has 2 rings (SSSR count). The van der Waals surface area contributed by atoms with Crippen LogP contribution < -0.4 is 14.2 Å². The summed E-state index contributed by atoms with van der Waals surface area (Å²) < 4.78 is 25.8. The summed E-state index contributed by atoms with van der Waals surface area (Å²) in [5.41, 5.74) is 1.44. The van der Waals surface area contributed by atoms with Gasteiger partial charge in [-0.3, -0.25) is 4.79 Å². The van der Waals surface area contributed by atoms with Gasteiger partial charge in [-0.15, -0.1) is 0 Å². The lowest BCUT2D eigenvalue weighted by Gasteiger charge is -2.17. The van der Waals surface area contributed by atoms with Crippen LogP contribution in [-0.2, 0) is 9.47 Å². The molecule has 1 heterocycles. The van der Waals surface area contributed by atoms with E-state index < -0.39 is 23.8 Å². The first-order valence-corrected chi connectivity index (χ1v) is 9.03. The van der Waals surface area contributed by atoms with E-state index in [1.54, 1.807) is 13.8 Å². The lowest BCUT2D eigenvalue weighted by Crippen LogP contribution is -2.25. The van der Waals surface area contributed by atoms with Crippen molar-refractivity contribution in [2.24, 2.45) is 0 Å². The molecule has 0 bridgehead atoms. The molecule has 2 aromatic rings. The Morgan fingerprint density at radius 3 is 2.07 bits per heavy atom. The molecule has 30 heavy (non-hydrogen) atoms. The fourth-order valence-electron chi connectivity index (χ4n) is 3.15. The molecule has 0 saturated carbocycles. The number of carbonyl (C=O) groups excluding carboxylic acids is 3. The van der Waals surface area contributed by atoms with Crippen LogP contribution in [0.4, 0.5) is 0 Å². The Morgan fingerprint density at radius 2 is 1.53 bits per heavy atom. The van der Waals surface area contributed by atoms with E-state index in [2.05, 4.69) is 4.98 Å². The summed E-state index contributed by atoms with van der Waals surface area (Å²) in [7, 11) is 5.51. The van der Waals surface area contributed by atoms with Crippen LogP contribution in [0, 0.1) is 13.8 Å². The van der Waals surface area contributed by atoms with Gasteiger partial charge in [0.15, 0.2) is 17.6 Å². The zero-order valence-corrected chi connectivity index (χ0v) is 18.0. The van der Waals surface area contributed by atoms with Gasteiger partial charge >= 0.3 is 11.9 Å². The maximum atomic E-state index is 12.9. The lowest BCUT2D eigenvalue weighted by atomic mass is 10.1. The Kier molecular flexibility index (Phi) is 7.10. The van der Waals surface area contributed by atoms with Crippen molar-refractivity contribution in [3.63, 3.8) is 0 Å². The van der Waals surface area contributed by atoms with Crippen molar-refractivity contribution in [1.82, 2.24) is 4.98 Å². The quantitative estimate of drug-likeness (QED) is 0.513. The molecule has 0 spiro atoms. The van der Waals surface area contributed by atoms with Crippen LogP contribution in [0.2, 0.25) is 0 Å². The van der Waals surface area contributed by atoms with Gasteiger partial charge in [0.2, 0.25) is 11.5 Å². The van der Waals surface area contributed by atoms with E-state index in [9.17, 15) is 14.4 Å². The third-order valence-corrected chi connectivity index (χ3v) is 4.65. The molecule has 0 saturated heterocycles. The number of Topliss-reactive ketones (excluding diaryl/α,β-unsaturated/α-hetero) is 1. The number of carbonyl (C=O) groups is 3. The third-order valence-electron chi connectivity index (χ3n) is 4.65. The second kappa shape index (κ2) is 9.34. The fourth-order valence-corrected chi connectivity index (χ4v) is 3.15. The maximum absolute atomic E-state index is 12.9. The fraction of sp³-hybridized carbons (Fsp3) is 0.381. The van der Waals surface area contributed by atoms with Gasteiger partial charge in [0.1, 0.15) is 5.56 Å². The number of esters is 2. The number of nitrogens with one attached hydrogen (secondary N) is 1. The predicted octanol–water partition coefficient (Wildman–Crippen LogP) is 2.87. The van der Waals surface area contributed by atoms with Gasteiger partial charge in [-0.25, -0.2) is 9.59 Å². The molecule has 1 atom stereocenters. The number of aromatic amines is 1. The maximum Gasteiger partial charge on any atom is 0.342 e. The van der Waals surface area contributed by atoms with E-state index in [1.165, 1.54) is 47.5 Å². The Hall–Kier alpha value is -3.49. The number of rotatable bonds is 8. The molecule has 0 aliphatic heterocycles. The van der Waals surface area contributed by atoms with Gasteiger partial charge in [-0.1, -0.05) is 0 Å². The van der Waals surface area contributed by atoms with Gasteiger partial charge < -0.3 is 28.7 Å². The molecular formula is C21H25NO8. The SMILES string of the molecule is COC(=O)c1c(C)[nH]c(C(=O)[C@@H](C)OC(=O)c2ccc(OC)c(OC)c2OC)c1C. The molecule has 9 nitrogen and oxygen atoms in total. The summed E-state index contributed by atoms with van der Waals surface area (Å²) in [6, 6.07) is 2.99. The average Bonchev–Trinajstić information content (AvgIpc) is 3.04. The highest BCUT2D eigenvalue weighted by molar-refractivity contribution is 6.05. The number of H-pyrrole nitrogens is 1. The average molecular weight is 419 g/mol. The second-order valence-corrected chi connectivity index (χ2v) is 6.41. The second-order valence-electron chi connectivity index (χ2n) is 6.41. The Bertz CT molecular complexity index is 976. The third kappa shape index (κ3) is 4.10. The smallest absolute Gasteiger partial charge is 0.342 e. The molecule has 162 valence electrons. The monoisotopic (exact) mass is 419 g/mol. The molecule has 0 aliphatic rings. The van der Waals surface area contributed by atoms with Crippen LogP contribution in [0.3, 0.4) is 0 Å². The summed E-state index contributed by atoms with van der Waals surface area (Å²) in [6.07, 6.45) is -1.13. The number of ether oxygens (including phenoxy) is 5. The van der Waals surface area contributed by atoms with E-state index in [0.717, 1.165) is 0 Å². The Labute approximate surface area is 174 Å². The van der Waals surface area contributed by atoms with Crippen LogP contribution >= 0.6 is 0 Å². The van der Waals surface area contributed by atoms with Crippen molar-refractivity contribution in [2.45, 2.75) is 26.9 Å². The van der Waals surface area contributed by atoms with Crippen molar-refractivity contribution in [3.8, 4) is 17.2 Å². The van der Waals surface area contributed by atoms with E-state index in [1.807, 2.05) is 0 Å². The van der Waals surface area contributed by atoms with Crippen LogP contribution in [0.1, 0.15) is 49.4 Å². The van der Waals surface area contributed by atoms with Crippen molar-refractivity contribution in [1.29, 1.82) is 0 Å². The van der Waals surface area contributed by atoms with Gasteiger partial charge in [0, 0.05) is 5.69 Å². The molecule has 1 aromatic heterocycles. The molecule has 0 unspecified atom stereocenters. The molecule has 1 aromatic carbocycles. The number of ketones is 1. The molecule has 0 aliphatic carbocycles. The van der Waals surface area contributed by atoms with Crippen LogP contribution in [0.25, 0.3) is 0 Å². The summed E-state index contributed by atoms with van der Waals surface area (Å²) in [4.78, 5) is 40.4. The van der Waals surface area contributed by atoms with Crippen molar-refractivity contribution < 1.29 is 38.1 Å². The topological polar surface area (TPSA) is 113 Å². The minimum atomic E-state index is -1.13. The molecule has 0 fully saturated rings. The largest absolute Gasteiger partial charge is 0.493 e. The van der Waals surface area contributed by atoms with E-state index >= 15 is 0 Å². The number of hydrogen-bond donors (Lipinski definition) is 1. The summed E-state index contributed by atoms with van der Waals surface area (Å²) >= 11 is 0. The van der Waals surface area contributed by atoms with Gasteiger partial charge in [0.05, 0.1) is 39.7 Å². The van der Waals surface area contributed by atoms with Gasteiger partial charge in [-0.05, 0) is 38.5 Å². The molecular weight excluding hydrogens is 394 g/mol. The van der Waals surface area contributed by atoms with E-state index in [-0.39, 0.29) is 28.3 Å². The summed E-state index contributed by atoms with van der Waals surface area (Å²) in [6.45, 7) is 4.72. The number of hydrogen-bond acceptors (Lipinski definition) is 8. The van der Waals surface area contributed by atoms with Crippen LogP contribution in [-0.4, -0.2) is 57.2 Å². The number of methoxy groups -OCH3 is 4. The minimum Gasteiger partial charge on any atom is -0.493 e. The highest BCUT2D eigenvalue weighted by atomic mass is 16.6. The summed E-state index contributed by atoms with van der Waals surface area (Å²) in [5, 5.41) is 0. The number of aryl methyl sites for hydroxylation is 1. The van der Waals surface area contributed by atoms with Gasteiger partial charge in [0.25, 0.3) is 0 Å². The standard InChI is InChI=1S/C21H25NO8/c1-10-15(21(25)29-7)11(2)22-16(10)17(23)12(3)30-20(24)13-8-9-14(26-4)19(28-6)18(13)27-5/h8-9,12,22H,1-7H3/t12-/m1/s1. The number of aromatic nitrogens is 1. The first kappa shape index (κ1) is 22.8. The molecule has 0 amide bonds. The Balaban J connectivity index is 2.31. The van der Waals surface area contributed by atoms with Gasteiger partial charge in [-0.2, -0.15) is 0 Å². The van der Waals surface area contributed by atoms with Crippen molar-refractivity contribution >= 4 is 17.7 Å². The predicted molar refractivity (Wildman–Crippen MR) is 107 cm³/mol.